The summed E-state index contributed by atoms with van der Waals surface area (Å²) in [6, 6.07) is 0. The zero-order valence-corrected chi connectivity index (χ0v) is 10.6. The Morgan fingerprint density at radius 2 is 2.29 bits per heavy atom. The summed E-state index contributed by atoms with van der Waals surface area (Å²) < 4.78 is 0. The van der Waals surface area contributed by atoms with Crippen molar-refractivity contribution in [3.8, 4) is 0 Å². The summed E-state index contributed by atoms with van der Waals surface area (Å²) in [5.74, 6) is 1.63. The molecule has 0 bridgehead atoms. The smallest absolute Gasteiger partial charge is 0.229 e. The Morgan fingerprint density at radius 3 is 2.79 bits per heavy atom. The second-order valence-corrected chi connectivity index (χ2v) is 6.26. The summed E-state index contributed by atoms with van der Waals surface area (Å²) in [5.41, 5.74) is -0.413. The van der Waals surface area contributed by atoms with Gasteiger partial charge >= 0.3 is 0 Å². The van der Waals surface area contributed by atoms with Crippen LogP contribution in [0.25, 0.3) is 0 Å². The number of rotatable bonds is 2. The molecule has 1 unspecified atom stereocenters. The highest BCUT2D eigenvalue weighted by Gasteiger charge is 2.33. The van der Waals surface area contributed by atoms with E-state index in [4.69, 9.17) is 11.6 Å². The van der Waals surface area contributed by atoms with Gasteiger partial charge in [-0.3, -0.25) is 4.79 Å². The fourth-order valence-corrected chi connectivity index (χ4v) is 2.62. The van der Waals surface area contributed by atoms with E-state index in [1.807, 2.05) is 30.5 Å². The molecule has 14 heavy (non-hydrogen) atoms. The van der Waals surface area contributed by atoms with Crippen LogP contribution in [0.3, 0.4) is 0 Å². The monoisotopic (exact) mass is 235 g/mol. The zero-order chi connectivity index (χ0) is 10.8. The number of alkyl halides is 1. The predicted octanol–water partition coefficient (Wildman–Crippen LogP) is 2.22. The second-order valence-electron chi connectivity index (χ2n) is 4.45. The van der Waals surface area contributed by atoms with Gasteiger partial charge in [-0.15, -0.1) is 11.6 Å². The molecule has 82 valence electrons. The van der Waals surface area contributed by atoms with E-state index in [2.05, 4.69) is 6.92 Å². The summed E-state index contributed by atoms with van der Waals surface area (Å²) in [6.07, 6.45) is 0. The molecule has 1 rings (SSSR count). The van der Waals surface area contributed by atoms with Crippen molar-refractivity contribution in [2.24, 2.45) is 5.41 Å². The summed E-state index contributed by atoms with van der Waals surface area (Å²) in [5, 5.41) is 0.554. The van der Waals surface area contributed by atoms with Gasteiger partial charge in [0.2, 0.25) is 5.91 Å². The molecule has 0 aromatic rings. The lowest BCUT2D eigenvalue weighted by molar-refractivity contribution is -0.139. The Labute approximate surface area is 95.4 Å². The first-order valence-corrected chi connectivity index (χ1v) is 6.52. The van der Waals surface area contributed by atoms with E-state index in [9.17, 15) is 4.79 Å². The average Bonchev–Trinajstić information content (AvgIpc) is 2.16. The van der Waals surface area contributed by atoms with Gasteiger partial charge in [0.15, 0.2) is 0 Å². The number of nitrogens with zero attached hydrogens (tertiary/aromatic N) is 1. The van der Waals surface area contributed by atoms with Crippen LogP contribution in [0.1, 0.15) is 20.8 Å². The fraction of sp³-hybridized carbons (Fsp3) is 0.900. The molecule has 1 amide bonds. The quantitative estimate of drug-likeness (QED) is 0.685. The zero-order valence-electron chi connectivity index (χ0n) is 9.05. The van der Waals surface area contributed by atoms with Crippen molar-refractivity contribution in [2.45, 2.75) is 26.0 Å². The molecule has 0 spiro atoms. The van der Waals surface area contributed by atoms with Crippen LogP contribution in [0.5, 0.6) is 0 Å². The molecule has 0 saturated carbocycles. The van der Waals surface area contributed by atoms with Crippen LogP contribution in [-0.4, -0.2) is 40.8 Å². The number of carbonyl (C=O) groups excluding carboxylic acids is 1. The minimum absolute atomic E-state index is 0.194. The van der Waals surface area contributed by atoms with Crippen LogP contribution >= 0.6 is 23.4 Å². The molecule has 0 aromatic carbocycles. The van der Waals surface area contributed by atoms with Gasteiger partial charge in [0.25, 0.3) is 0 Å². The molecule has 0 aliphatic carbocycles. The van der Waals surface area contributed by atoms with E-state index in [-0.39, 0.29) is 5.91 Å². The molecule has 0 N–H and O–H groups in total. The molecule has 2 nitrogen and oxygen atoms in total. The molecule has 1 aliphatic heterocycles. The van der Waals surface area contributed by atoms with E-state index < -0.39 is 5.41 Å². The van der Waals surface area contributed by atoms with Crippen LogP contribution in [0.2, 0.25) is 0 Å². The summed E-state index contributed by atoms with van der Waals surface area (Å²) in [4.78, 5) is 14.0. The van der Waals surface area contributed by atoms with Crippen molar-refractivity contribution in [1.29, 1.82) is 0 Å². The average molecular weight is 236 g/mol. The molecule has 4 heteroatoms. The van der Waals surface area contributed by atoms with E-state index in [1.54, 1.807) is 0 Å². The molecule has 1 heterocycles. The first-order chi connectivity index (χ1) is 6.47. The standard InChI is InChI=1S/C10H18ClNOS/c1-8-6-12(4-5-14-8)9(13)10(2,3)7-11/h8H,4-7H2,1-3H3. The van der Waals surface area contributed by atoms with E-state index in [0.717, 1.165) is 18.8 Å². The molecular weight excluding hydrogens is 218 g/mol. The minimum Gasteiger partial charge on any atom is -0.340 e. The molecule has 1 saturated heterocycles. The highest BCUT2D eigenvalue weighted by Crippen LogP contribution is 2.25. The van der Waals surface area contributed by atoms with Gasteiger partial charge in [0.05, 0.1) is 5.41 Å². The normalized spacial score (nSPS) is 23.7. The number of thioether (sulfide) groups is 1. The van der Waals surface area contributed by atoms with E-state index >= 15 is 0 Å². The Morgan fingerprint density at radius 1 is 1.64 bits per heavy atom. The number of hydrogen-bond donors (Lipinski definition) is 0. The molecule has 1 fully saturated rings. The van der Waals surface area contributed by atoms with Crippen molar-refractivity contribution in [3.63, 3.8) is 0 Å². The molecule has 0 radical (unpaired) electrons. The summed E-state index contributed by atoms with van der Waals surface area (Å²) in [6.45, 7) is 7.72. The van der Waals surface area contributed by atoms with Crippen LogP contribution in [-0.2, 0) is 4.79 Å². The Hall–Kier alpha value is 0.110. The van der Waals surface area contributed by atoms with Crippen molar-refractivity contribution in [1.82, 2.24) is 4.90 Å². The summed E-state index contributed by atoms with van der Waals surface area (Å²) in [7, 11) is 0. The lowest BCUT2D eigenvalue weighted by Crippen LogP contribution is -2.47. The van der Waals surface area contributed by atoms with Crippen molar-refractivity contribution in [3.05, 3.63) is 0 Å². The van der Waals surface area contributed by atoms with Gasteiger partial charge in [-0.05, 0) is 13.8 Å². The fourth-order valence-electron chi connectivity index (χ4n) is 1.49. The maximum absolute atomic E-state index is 12.0. The first kappa shape index (κ1) is 12.2. The van der Waals surface area contributed by atoms with Gasteiger partial charge in [-0.25, -0.2) is 0 Å². The largest absolute Gasteiger partial charge is 0.340 e. The van der Waals surface area contributed by atoms with E-state index in [1.165, 1.54) is 0 Å². The highest BCUT2D eigenvalue weighted by molar-refractivity contribution is 7.99. The molecule has 0 aromatic heterocycles. The van der Waals surface area contributed by atoms with Crippen LogP contribution in [0.15, 0.2) is 0 Å². The lowest BCUT2D eigenvalue weighted by atomic mass is 9.94. The number of carbonyl (C=O) groups is 1. The van der Waals surface area contributed by atoms with Crippen molar-refractivity contribution >= 4 is 29.3 Å². The maximum atomic E-state index is 12.0. The molecular formula is C10H18ClNOS. The van der Waals surface area contributed by atoms with Gasteiger partial charge in [0, 0.05) is 30.0 Å². The SMILES string of the molecule is CC1CN(C(=O)C(C)(C)CCl)CCS1. The maximum Gasteiger partial charge on any atom is 0.229 e. The van der Waals surface area contributed by atoms with Crippen LogP contribution in [0, 0.1) is 5.41 Å². The molecule has 1 atom stereocenters. The first-order valence-electron chi connectivity index (χ1n) is 4.94. The predicted molar refractivity (Wildman–Crippen MR) is 63.0 cm³/mol. The van der Waals surface area contributed by atoms with Crippen molar-refractivity contribution < 1.29 is 4.79 Å². The topological polar surface area (TPSA) is 20.3 Å². The van der Waals surface area contributed by atoms with Crippen molar-refractivity contribution in [2.75, 3.05) is 24.7 Å². The van der Waals surface area contributed by atoms with Gasteiger partial charge in [0.1, 0.15) is 0 Å². The van der Waals surface area contributed by atoms with Gasteiger partial charge < -0.3 is 4.90 Å². The van der Waals surface area contributed by atoms with Crippen LogP contribution in [0.4, 0.5) is 0 Å². The Balaban J connectivity index is 2.60. The van der Waals surface area contributed by atoms with Gasteiger partial charge in [-0.2, -0.15) is 11.8 Å². The highest BCUT2D eigenvalue weighted by atomic mass is 35.5. The Kier molecular flexibility index (Phi) is 4.14. The third-order valence-corrected chi connectivity index (χ3v) is 4.25. The number of amides is 1. The summed E-state index contributed by atoms with van der Waals surface area (Å²) >= 11 is 7.72. The Bertz CT molecular complexity index is 220. The minimum atomic E-state index is -0.413. The second kappa shape index (κ2) is 4.75. The third kappa shape index (κ3) is 2.80. The number of hydrogen-bond acceptors (Lipinski definition) is 2. The molecule has 1 aliphatic rings. The lowest BCUT2D eigenvalue weighted by Gasteiger charge is -2.35. The third-order valence-electron chi connectivity index (χ3n) is 2.44. The van der Waals surface area contributed by atoms with Crippen LogP contribution < -0.4 is 0 Å². The number of halogens is 1. The van der Waals surface area contributed by atoms with Gasteiger partial charge in [-0.1, -0.05) is 6.92 Å². The van der Waals surface area contributed by atoms with E-state index in [0.29, 0.717) is 11.1 Å².